The number of rotatable bonds is 8. The van der Waals surface area contributed by atoms with Crippen LogP contribution in [-0.4, -0.2) is 33.9 Å². The first-order chi connectivity index (χ1) is 13.7. The fraction of sp³-hybridized carbons (Fsp3) is 0.500. The second-order valence-electron chi connectivity index (χ2n) is 7.84. The second-order valence-corrected chi connectivity index (χ2v) is 8.78. The fourth-order valence-corrected chi connectivity index (χ4v) is 3.44. The van der Waals surface area contributed by atoms with E-state index in [1.54, 1.807) is 10.3 Å². The number of amides is 3. The lowest BCUT2D eigenvalue weighted by molar-refractivity contribution is 0.0934. The molecule has 158 valence electrons. The molecule has 7 heteroatoms. The topological polar surface area (TPSA) is 74.3 Å². The van der Waals surface area contributed by atoms with E-state index in [1.165, 1.54) is 16.9 Å². The zero-order valence-electron chi connectivity index (χ0n) is 18.2. The Labute approximate surface area is 177 Å². The summed E-state index contributed by atoms with van der Waals surface area (Å²) in [6.07, 6.45) is 0.863. The number of benzene rings is 1. The summed E-state index contributed by atoms with van der Waals surface area (Å²) in [5, 5.41) is 8.35. The summed E-state index contributed by atoms with van der Waals surface area (Å²) in [4.78, 5) is 31.2. The summed E-state index contributed by atoms with van der Waals surface area (Å²) in [5.41, 5.74) is 2.39. The molecule has 2 rings (SSSR count). The van der Waals surface area contributed by atoms with Crippen molar-refractivity contribution in [3.63, 3.8) is 0 Å². The van der Waals surface area contributed by atoms with E-state index in [4.69, 9.17) is 0 Å². The normalized spacial score (nSPS) is 12.1. The fourth-order valence-electron chi connectivity index (χ4n) is 2.67. The van der Waals surface area contributed by atoms with E-state index in [1.807, 2.05) is 52.0 Å². The molecule has 2 aromatic rings. The number of nitrogens with zero attached hydrogens (tertiary/aromatic N) is 2. The van der Waals surface area contributed by atoms with Gasteiger partial charge in [0, 0.05) is 23.2 Å². The molecule has 0 aliphatic rings. The van der Waals surface area contributed by atoms with Crippen LogP contribution < -0.4 is 10.6 Å². The minimum atomic E-state index is -0.182. The quantitative estimate of drug-likeness (QED) is 0.618. The molecule has 0 unspecified atom stereocenters. The third kappa shape index (κ3) is 6.56. The molecule has 0 radical (unpaired) electrons. The van der Waals surface area contributed by atoms with E-state index in [0.29, 0.717) is 18.2 Å². The van der Waals surface area contributed by atoms with E-state index in [0.717, 1.165) is 17.1 Å². The predicted octanol–water partition coefficient (Wildman–Crippen LogP) is 5.24. The van der Waals surface area contributed by atoms with Gasteiger partial charge in [0.25, 0.3) is 5.91 Å². The SMILES string of the molecule is CC[C@@H](C)NC(=O)c1csc(CN(C(=O)Nc2ccc(C(C)C)cc2)C(C)C)n1. The van der Waals surface area contributed by atoms with Gasteiger partial charge in [-0.25, -0.2) is 9.78 Å². The number of hydrogen-bond acceptors (Lipinski definition) is 4. The molecule has 6 nitrogen and oxygen atoms in total. The van der Waals surface area contributed by atoms with Crippen LogP contribution in [0.1, 0.15) is 74.9 Å². The average molecular weight is 417 g/mol. The highest BCUT2D eigenvalue weighted by atomic mass is 32.1. The average Bonchev–Trinajstić information content (AvgIpc) is 3.15. The molecule has 0 spiro atoms. The molecule has 0 fully saturated rings. The molecule has 1 aromatic carbocycles. The number of hydrogen-bond donors (Lipinski definition) is 2. The molecular formula is C22H32N4O2S. The van der Waals surface area contributed by atoms with E-state index in [9.17, 15) is 9.59 Å². The number of carbonyl (C=O) groups is 2. The highest BCUT2D eigenvalue weighted by Crippen LogP contribution is 2.19. The third-order valence-electron chi connectivity index (χ3n) is 4.79. The maximum atomic E-state index is 12.8. The van der Waals surface area contributed by atoms with Crippen molar-refractivity contribution in [1.82, 2.24) is 15.2 Å². The van der Waals surface area contributed by atoms with Crippen molar-refractivity contribution in [2.75, 3.05) is 5.32 Å². The largest absolute Gasteiger partial charge is 0.348 e. The first kappa shape index (κ1) is 22.9. The van der Waals surface area contributed by atoms with Gasteiger partial charge in [-0.3, -0.25) is 4.79 Å². The van der Waals surface area contributed by atoms with Gasteiger partial charge in [0.05, 0.1) is 6.54 Å². The van der Waals surface area contributed by atoms with Gasteiger partial charge in [-0.15, -0.1) is 11.3 Å². The Balaban J connectivity index is 2.04. The number of urea groups is 1. The Bertz CT molecular complexity index is 814. The van der Waals surface area contributed by atoms with Gasteiger partial charge < -0.3 is 15.5 Å². The van der Waals surface area contributed by atoms with Crippen LogP contribution in [0.15, 0.2) is 29.6 Å². The van der Waals surface area contributed by atoms with Crippen molar-refractivity contribution in [1.29, 1.82) is 0 Å². The molecule has 29 heavy (non-hydrogen) atoms. The lowest BCUT2D eigenvalue weighted by Gasteiger charge is -2.26. The Morgan fingerprint density at radius 2 is 1.76 bits per heavy atom. The Hall–Kier alpha value is -2.41. The lowest BCUT2D eigenvalue weighted by Crippen LogP contribution is -2.39. The van der Waals surface area contributed by atoms with Crippen LogP contribution in [0.25, 0.3) is 0 Å². The van der Waals surface area contributed by atoms with E-state index >= 15 is 0 Å². The number of thiazole rings is 1. The highest BCUT2D eigenvalue weighted by Gasteiger charge is 2.20. The maximum absolute atomic E-state index is 12.8. The summed E-state index contributed by atoms with van der Waals surface area (Å²) in [6, 6.07) is 7.82. The van der Waals surface area contributed by atoms with Gasteiger partial charge in [-0.2, -0.15) is 0 Å². The van der Waals surface area contributed by atoms with Crippen LogP contribution in [0.2, 0.25) is 0 Å². The van der Waals surface area contributed by atoms with E-state index in [-0.39, 0.29) is 24.0 Å². The van der Waals surface area contributed by atoms with Crippen molar-refractivity contribution >= 4 is 29.0 Å². The molecule has 0 saturated carbocycles. The van der Waals surface area contributed by atoms with E-state index < -0.39 is 0 Å². The second kappa shape index (κ2) is 10.4. The van der Waals surface area contributed by atoms with Crippen molar-refractivity contribution < 1.29 is 9.59 Å². The number of aromatic nitrogens is 1. The summed E-state index contributed by atoms with van der Waals surface area (Å²) in [5.74, 6) is 0.274. The van der Waals surface area contributed by atoms with Crippen LogP contribution in [0.3, 0.4) is 0 Å². The number of carbonyl (C=O) groups excluding carboxylic acids is 2. The Kier molecular flexibility index (Phi) is 8.20. The van der Waals surface area contributed by atoms with Gasteiger partial charge >= 0.3 is 6.03 Å². The van der Waals surface area contributed by atoms with Crippen molar-refractivity contribution in [2.45, 2.75) is 72.5 Å². The Morgan fingerprint density at radius 3 is 2.31 bits per heavy atom. The first-order valence-corrected chi connectivity index (χ1v) is 11.0. The summed E-state index contributed by atoms with van der Waals surface area (Å²) >= 11 is 1.39. The molecule has 3 amide bonds. The van der Waals surface area contributed by atoms with Crippen LogP contribution in [-0.2, 0) is 6.54 Å². The molecule has 2 N–H and O–H groups in total. The Morgan fingerprint density at radius 1 is 1.10 bits per heavy atom. The van der Waals surface area contributed by atoms with Crippen LogP contribution >= 0.6 is 11.3 Å². The third-order valence-corrected chi connectivity index (χ3v) is 5.63. The van der Waals surface area contributed by atoms with Gasteiger partial charge in [-0.05, 0) is 50.8 Å². The monoisotopic (exact) mass is 416 g/mol. The van der Waals surface area contributed by atoms with Crippen molar-refractivity contribution in [2.24, 2.45) is 0 Å². The minimum absolute atomic E-state index is 0.00812. The number of anilines is 1. The highest BCUT2D eigenvalue weighted by molar-refractivity contribution is 7.09. The zero-order valence-corrected chi connectivity index (χ0v) is 19.0. The van der Waals surface area contributed by atoms with Gasteiger partial charge in [0.15, 0.2) is 0 Å². The molecule has 0 aliphatic heterocycles. The molecule has 0 bridgehead atoms. The molecule has 0 saturated heterocycles. The van der Waals surface area contributed by atoms with Crippen molar-refractivity contribution in [3.8, 4) is 0 Å². The predicted molar refractivity (Wildman–Crippen MR) is 120 cm³/mol. The summed E-state index contributed by atoms with van der Waals surface area (Å²) in [6.45, 7) is 12.5. The van der Waals surface area contributed by atoms with E-state index in [2.05, 4.69) is 29.5 Å². The van der Waals surface area contributed by atoms with Gasteiger partial charge in [-0.1, -0.05) is 32.9 Å². The van der Waals surface area contributed by atoms with Crippen LogP contribution in [0, 0.1) is 0 Å². The minimum Gasteiger partial charge on any atom is -0.348 e. The smallest absolute Gasteiger partial charge is 0.322 e. The summed E-state index contributed by atoms with van der Waals surface area (Å²) < 4.78 is 0. The zero-order chi connectivity index (χ0) is 21.6. The molecule has 0 aliphatic carbocycles. The van der Waals surface area contributed by atoms with Gasteiger partial charge in [0.1, 0.15) is 10.7 Å². The standard InChI is InChI=1S/C22H32N4O2S/c1-7-16(6)23-21(27)19-13-29-20(25-19)12-26(15(4)5)22(28)24-18-10-8-17(9-11-18)14(2)3/h8-11,13-16H,7,12H2,1-6H3,(H,23,27)(H,24,28)/t16-/m1/s1. The molecule has 1 heterocycles. The molecular weight excluding hydrogens is 384 g/mol. The van der Waals surface area contributed by atoms with Gasteiger partial charge in [0.2, 0.25) is 0 Å². The van der Waals surface area contributed by atoms with Crippen molar-refractivity contribution in [3.05, 3.63) is 45.9 Å². The van der Waals surface area contributed by atoms with Crippen LogP contribution in [0.4, 0.5) is 10.5 Å². The molecule has 1 atom stereocenters. The lowest BCUT2D eigenvalue weighted by atomic mass is 10.0. The number of nitrogens with one attached hydrogen (secondary N) is 2. The first-order valence-electron chi connectivity index (χ1n) is 10.1. The maximum Gasteiger partial charge on any atom is 0.322 e. The van der Waals surface area contributed by atoms with Crippen LogP contribution in [0.5, 0.6) is 0 Å². The molecule has 1 aromatic heterocycles. The summed E-state index contributed by atoms with van der Waals surface area (Å²) in [7, 11) is 0.